The molecule has 0 radical (unpaired) electrons. The van der Waals surface area contributed by atoms with E-state index in [0.717, 1.165) is 53.0 Å². The maximum atomic E-state index is 12.8. The lowest BCUT2D eigenvalue weighted by molar-refractivity contribution is -0.128. The number of rotatable bonds is 8. The first kappa shape index (κ1) is 32.0. The number of halogens is 2. The molecule has 2 atom stereocenters. The van der Waals surface area contributed by atoms with Crippen molar-refractivity contribution in [3.05, 3.63) is 64.8 Å². The zero-order valence-electron chi connectivity index (χ0n) is 26.8. The van der Waals surface area contributed by atoms with Gasteiger partial charge in [-0.1, -0.05) is 35.9 Å². The van der Waals surface area contributed by atoms with Crippen LogP contribution in [0, 0.1) is 11.3 Å². The lowest BCUT2D eigenvalue weighted by Gasteiger charge is -2.49. The van der Waals surface area contributed by atoms with Gasteiger partial charge < -0.3 is 19.4 Å². The number of hydrogen-bond donors (Lipinski definition) is 0. The van der Waals surface area contributed by atoms with Crippen molar-refractivity contribution in [1.29, 1.82) is 5.26 Å². The molecule has 0 spiro atoms. The topological polar surface area (TPSA) is 88.8 Å². The van der Waals surface area contributed by atoms with Gasteiger partial charge in [-0.2, -0.15) is 15.2 Å². The molecule has 0 saturated carbocycles. The molecule has 2 aromatic carbocycles. The average molecular weight is 646 g/mol. The van der Waals surface area contributed by atoms with Crippen LogP contribution in [0.4, 0.5) is 15.9 Å². The summed E-state index contributed by atoms with van der Waals surface area (Å²) in [6, 6.07) is 14.7. The highest BCUT2D eigenvalue weighted by molar-refractivity contribution is 6.36. The van der Waals surface area contributed by atoms with Crippen molar-refractivity contribution >= 4 is 39.8 Å². The summed E-state index contributed by atoms with van der Waals surface area (Å²) in [5.74, 6) is 0.519. The first-order chi connectivity index (χ1) is 22.2. The number of amides is 1. The Morgan fingerprint density at radius 1 is 1.11 bits per heavy atom. The highest BCUT2D eigenvalue weighted by Gasteiger charge is 2.37. The first-order valence-corrected chi connectivity index (χ1v) is 16.4. The molecule has 2 fully saturated rings. The van der Waals surface area contributed by atoms with Crippen LogP contribution in [0.3, 0.4) is 0 Å². The van der Waals surface area contributed by atoms with E-state index in [1.165, 1.54) is 12.2 Å². The van der Waals surface area contributed by atoms with E-state index < -0.39 is 6.67 Å². The Hall–Kier alpha value is -3.94. The van der Waals surface area contributed by atoms with E-state index in [0.29, 0.717) is 56.3 Å². The molecule has 4 heterocycles. The highest BCUT2D eigenvalue weighted by Crippen LogP contribution is 2.37. The Morgan fingerprint density at radius 2 is 1.91 bits per heavy atom. The first-order valence-electron chi connectivity index (χ1n) is 16.0. The number of piperazine rings is 1. The van der Waals surface area contributed by atoms with Gasteiger partial charge in [-0.3, -0.25) is 9.69 Å². The smallest absolute Gasteiger partial charge is 0.318 e. The van der Waals surface area contributed by atoms with Crippen molar-refractivity contribution in [1.82, 2.24) is 19.8 Å². The second kappa shape index (κ2) is 13.4. The Kier molecular flexibility index (Phi) is 9.34. The van der Waals surface area contributed by atoms with Gasteiger partial charge in [0.25, 0.3) is 0 Å². The minimum absolute atomic E-state index is 0.0562. The second-order valence-electron chi connectivity index (χ2n) is 13.2. The van der Waals surface area contributed by atoms with E-state index in [-0.39, 0.29) is 23.9 Å². The zero-order chi connectivity index (χ0) is 32.4. The van der Waals surface area contributed by atoms with Crippen molar-refractivity contribution < 1.29 is 13.9 Å². The van der Waals surface area contributed by atoms with Crippen molar-refractivity contribution in [3.8, 4) is 12.1 Å². The maximum absolute atomic E-state index is 12.8. The zero-order valence-corrected chi connectivity index (χ0v) is 27.5. The average Bonchev–Trinajstić information content (AvgIpc) is 3.01. The third kappa shape index (κ3) is 6.49. The molecule has 1 aromatic heterocycles. The third-order valence-corrected chi connectivity index (χ3v) is 9.66. The van der Waals surface area contributed by atoms with Crippen LogP contribution in [0.5, 0.6) is 6.01 Å². The Morgan fingerprint density at radius 3 is 2.63 bits per heavy atom. The number of anilines is 2. The summed E-state index contributed by atoms with van der Waals surface area (Å²) in [5, 5.41) is 12.4. The Bertz CT molecular complexity index is 1660. The van der Waals surface area contributed by atoms with Crippen molar-refractivity contribution in [2.24, 2.45) is 0 Å². The molecule has 46 heavy (non-hydrogen) atoms. The lowest BCUT2D eigenvalue weighted by Crippen LogP contribution is -2.59. The minimum Gasteiger partial charge on any atom is -0.462 e. The van der Waals surface area contributed by atoms with Gasteiger partial charge >= 0.3 is 6.01 Å². The molecular weight excluding hydrogens is 605 g/mol. The summed E-state index contributed by atoms with van der Waals surface area (Å²) < 4.78 is 19.1. The molecule has 0 bridgehead atoms. The number of nitriles is 1. The largest absolute Gasteiger partial charge is 0.462 e. The molecule has 3 aliphatic heterocycles. The SMILES string of the molecule is CC(C)(C)N1CCC1COc1nc2c(c(N3CCN(C(=O)/C=C/CF)[C@@H](CC#N)C3)n1)CCN(c1cccc3cccc(Cl)c13)C2. The number of ether oxygens (including phenoxy) is 1. The van der Waals surface area contributed by atoms with Crippen LogP contribution in [0.1, 0.15) is 44.9 Å². The number of hydrogen-bond acceptors (Lipinski definition) is 8. The number of fused-ring (bicyclic) bond motifs is 2. The lowest BCUT2D eigenvalue weighted by atomic mass is 9.94. The Labute approximate surface area is 275 Å². The number of likely N-dealkylation sites (tertiary alicyclic amines) is 1. The van der Waals surface area contributed by atoms with Gasteiger partial charge in [0.15, 0.2) is 0 Å². The summed E-state index contributed by atoms with van der Waals surface area (Å²) in [6.45, 7) is 10.2. The molecular formula is C35H41ClFN7O2. The van der Waals surface area contributed by atoms with Crippen LogP contribution < -0.4 is 14.5 Å². The molecule has 1 unspecified atom stereocenters. The van der Waals surface area contributed by atoms with Crippen molar-refractivity contribution in [3.63, 3.8) is 0 Å². The molecule has 3 aromatic rings. The monoisotopic (exact) mass is 645 g/mol. The molecule has 242 valence electrons. The summed E-state index contributed by atoms with van der Waals surface area (Å²) in [5.41, 5.74) is 3.08. The van der Waals surface area contributed by atoms with E-state index in [1.54, 1.807) is 4.90 Å². The highest BCUT2D eigenvalue weighted by atomic mass is 35.5. The number of benzene rings is 2. The molecule has 0 aliphatic carbocycles. The van der Waals surface area contributed by atoms with Crippen LogP contribution in [0.2, 0.25) is 5.02 Å². The van der Waals surface area contributed by atoms with E-state index >= 15 is 0 Å². The van der Waals surface area contributed by atoms with E-state index in [4.69, 9.17) is 26.3 Å². The molecule has 3 aliphatic rings. The molecule has 9 nitrogen and oxygen atoms in total. The number of aromatic nitrogens is 2. The Balaban J connectivity index is 1.32. The minimum atomic E-state index is -0.708. The predicted molar refractivity (Wildman–Crippen MR) is 179 cm³/mol. The maximum Gasteiger partial charge on any atom is 0.318 e. The van der Waals surface area contributed by atoms with Crippen LogP contribution in [0.15, 0.2) is 48.6 Å². The van der Waals surface area contributed by atoms with E-state index in [9.17, 15) is 14.4 Å². The van der Waals surface area contributed by atoms with Crippen LogP contribution in [0.25, 0.3) is 10.8 Å². The normalized spacial score (nSPS) is 20.5. The van der Waals surface area contributed by atoms with Crippen LogP contribution in [-0.2, 0) is 17.8 Å². The summed E-state index contributed by atoms with van der Waals surface area (Å²) in [4.78, 5) is 31.4. The van der Waals surface area contributed by atoms with Gasteiger partial charge in [-0.25, -0.2) is 4.39 Å². The van der Waals surface area contributed by atoms with Crippen LogP contribution >= 0.6 is 11.6 Å². The number of carbonyl (C=O) groups is 1. The fraction of sp³-hybridized carbons (Fsp3) is 0.486. The standard InChI is InChI=1S/C35H41ClFN7O2/c1-35(2,3)44-18-13-26(44)23-46-34-39-29-22-41(30-10-5-8-24-7-4-9-28(36)32(24)30)17-14-27(29)33(40-34)42-19-20-43(25(21-42)12-16-38)31(45)11-6-15-37/h4-11,25-26H,12-15,17-23H2,1-3H3/b11-6+/t25-,26?/m0/s1. The fourth-order valence-corrected chi connectivity index (χ4v) is 7.27. The number of carbonyl (C=O) groups excluding carboxylic acids is 1. The van der Waals surface area contributed by atoms with Gasteiger partial charge in [0, 0.05) is 67.0 Å². The van der Waals surface area contributed by atoms with Crippen molar-refractivity contribution in [2.45, 2.75) is 64.2 Å². The fourth-order valence-electron chi connectivity index (χ4n) is 6.99. The number of alkyl halides is 1. The molecule has 6 rings (SSSR count). The summed E-state index contributed by atoms with van der Waals surface area (Å²) in [7, 11) is 0. The second-order valence-corrected chi connectivity index (χ2v) is 13.6. The molecule has 11 heteroatoms. The third-order valence-electron chi connectivity index (χ3n) is 9.35. The quantitative estimate of drug-likeness (QED) is 0.295. The predicted octanol–water partition coefficient (Wildman–Crippen LogP) is 5.55. The molecule has 2 saturated heterocycles. The molecule has 0 N–H and O–H groups in total. The summed E-state index contributed by atoms with van der Waals surface area (Å²) >= 11 is 6.71. The van der Waals surface area contributed by atoms with Gasteiger partial charge in [-0.05, 0) is 57.2 Å². The van der Waals surface area contributed by atoms with Crippen LogP contribution in [-0.4, -0.2) is 89.3 Å². The van der Waals surface area contributed by atoms with Gasteiger partial charge in [0.2, 0.25) is 5.91 Å². The van der Waals surface area contributed by atoms with Gasteiger partial charge in [0.05, 0.1) is 35.8 Å². The number of allylic oxidation sites excluding steroid dienone is 1. The number of nitrogens with zero attached hydrogens (tertiary/aromatic N) is 7. The van der Waals surface area contributed by atoms with E-state index in [2.05, 4.69) is 65.8 Å². The van der Waals surface area contributed by atoms with Gasteiger partial charge in [0.1, 0.15) is 19.1 Å². The van der Waals surface area contributed by atoms with E-state index in [1.807, 2.05) is 12.1 Å². The van der Waals surface area contributed by atoms with Crippen molar-refractivity contribution in [2.75, 3.05) is 55.8 Å². The van der Waals surface area contributed by atoms with Gasteiger partial charge in [-0.15, -0.1) is 0 Å². The molecule has 1 amide bonds. The summed E-state index contributed by atoms with van der Waals surface area (Å²) in [6.07, 6.45) is 4.41.